The van der Waals surface area contributed by atoms with Gasteiger partial charge in [-0.3, -0.25) is 10.1 Å². The number of carbonyl (C=O) groups excluding carboxylic acids is 2. The Kier molecular flexibility index (Phi) is 2.55. The maximum absolute atomic E-state index is 11.2. The third-order valence-electron chi connectivity index (χ3n) is 1.92. The van der Waals surface area contributed by atoms with Gasteiger partial charge in [-0.15, -0.1) is 0 Å². The molecular weight excluding hydrogens is 260 g/mol. The molecule has 0 saturated carbocycles. The Balaban J connectivity index is 2.35. The van der Waals surface area contributed by atoms with E-state index in [-0.39, 0.29) is 5.70 Å². The molecule has 1 aromatic rings. The summed E-state index contributed by atoms with van der Waals surface area (Å²) in [5.41, 5.74) is 1.09. The van der Waals surface area contributed by atoms with Crippen LogP contribution in [-0.4, -0.2) is 11.9 Å². The molecule has 0 radical (unpaired) electrons. The van der Waals surface area contributed by atoms with E-state index < -0.39 is 11.9 Å². The highest BCUT2D eigenvalue weighted by molar-refractivity contribution is 9.10. The van der Waals surface area contributed by atoms with Crippen LogP contribution in [0.3, 0.4) is 0 Å². The van der Waals surface area contributed by atoms with Gasteiger partial charge in [0, 0.05) is 4.47 Å². The monoisotopic (exact) mass is 266 g/mol. The van der Waals surface area contributed by atoms with Gasteiger partial charge in [-0.25, -0.2) is 4.79 Å². The number of halogens is 1. The van der Waals surface area contributed by atoms with E-state index in [1.165, 1.54) is 0 Å². The summed E-state index contributed by atoms with van der Waals surface area (Å²) in [7, 11) is 0. The number of rotatable bonds is 1. The maximum atomic E-state index is 11.2. The number of imide groups is 1. The van der Waals surface area contributed by atoms with E-state index >= 15 is 0 Å². The molecule has 0 spiro atoms. The second-order valence-corrected chi connectivity index (χ2v) is 3.84. The minimum absolute atomic E-state index is 0.256. The van der Waals surface area contributed by atoms with Crippen molar-refractivity contribution < 1.29 is 9.59 Å². The molecule has 1 aromatic carbocycles. The number of nitrogens with one attached hydrogen (secondary N) is 2. The van der Waals surface area contributed by atoms with Crippen molar-refractivity contribution in [3.63, 3.8) is 0 Å². The highest BCUT2D eigenvalue weighted by Crippen LogP contribution is 2.18. The number of benzene rings is 1. The van der Waals surface area contributed by atoms with Gasteiger partial charge in [-0.1, -0.05) is 34.1 Å². The Bertz CT molecular complexity index is 468. The van der Waals surface area contributed by atoms with E-state index in [1.54, 1.807) is 6.08 Å². The van der Waals surface area contributed by atoms with E-state index in [4.69, 9.17) is 0 Å². The van der Waals surface area contributed by atoms with Gasteiger partial charge in [0.25, 0.3) is 5.91 Å². The van der Waals surface area contributed by atoms with Gasteiger partial charge in [0.2, 0.25) is 0 Å². The van der Waals surface area contributed by atoms with Gasteiger partial charge in [0.05, 0.1) is 0 Å². The van der Waals surface area contributed by atoms with E-state index in [9.17, 15) is 9.59 Å². The van der Waals surface area contributed by atoms with Crippen molar-refractivity contribution in [2.45, 2.75) is 0 Å². The molecule has 4 nitrogen and oxygen atoms in total. The molecule has 1 aliphatic rings. The standard InChI is InChI=1S/C10H7BrN2O2/c11-7-4-2-1-3-6(7)5-8-9(14)13-10(15)12-8/h1-5H,(H2,12,13,14,15)/b8-5-. The summed E-state index contributed by atoms with van der Waals surface area (Å²) in [6.07, 6.45) is 1.62. The van der Waals surface area contributed by atoms with Gasteiger partial charge >= 0.3 is 6.03 Å². The summed E-state index contributed by atoms with van der Waals surface area (Å²) in [6.45, 7) is 0. The quantitative estimate of drug-likeness (QED) is 0.600. The van der Waals surface area contributed by atoms with Crippen LogP contribution in [0.15, 0.2) is 34.4 Å². The third-order valence-corrected chi connectivity index (χ3v) is 2.65. The topological polar surface area (TPSA) is 58.2 Å². The first-order chi connectivity index (χ1) is 7.16. The second-order valence-electron chi connectivity index (χ2n) is 2.99. The first-order valence-corrected chi connectivity index (χ1v) is 5.04. The van der Waals surface area contributed by atoms with Gasteiger partial charge in [0.15, 0.2) is 0 Å². The van der Waals surface area contributed by atoms with Crippen LogP contribution in [-0.2, 0) is 4.79 Å². The van der Waals surface area contributed by atoms with E-state index in [0.717, 1.165) is 10.0 Å². The van der Waals surface area contributed by atoms with Crippen LogP contribution < -0.4 is 10.6 Å². The normalized spacial score (nSPS) is 17.8. The van der Waals surface area contributed by atoms with Crippen LogP contribution in [0.2, 0.25) is 0 Å². The van der Waals surface area contributed by atoms with Crippen molar-refractivity contribution in [2.24, 2.45) is 0 Å². The molecule has 0 atom stereocenters. The van der Waals surface area contributed by atoms with Crippen LogP contribution in [0.4, 0.5) is 4.79 Å². The van der Waals surface area contributed by atoms with Crippen molar-refractivity contribution in [2.75, 3.05) is 0 Å². The Morgan fingerprint density at radius 1 is 1.13 bits per heavy atom. The Morgan fingerprint density at radius 2 is 1.87 bits per heavy atom. The van der Waals surface area contributed by atoms with E-state index in [0.29, 0.717) is 0 Å². The van der Waals surface area contributed by atoms with Crippen molar-refractivity contribution in [1.82, 2.24) is 10.6 Å². The van der Waals surface area contributed by atoms with Gasteiger partial charge in [-0.05, 0) is 17.7 Å². The van der Waals surface area contributed by atoms with Crippen LogP contribution in [0.5, 0.6) is 0 Å². The number of carbonyl (C=O) groups is 2. The lowest BCUT2D eigenvalue weighted by Gasteiger charge is -1.98. The first kappa shape index (κ1) is 9.92. The van der Waals surface area contributed by atoms with Crippen molar-refractivity contribution in [3.8, 4) is 0 Å². The molecule has 2 N–H and O–H groups in total. The van der Waals surface area contributed by atoms with Crippen LogP contribution in [0.25, 0.3) is 6.08 Å². The molecule has 1 aliphatic heterocycles. The lowest BCUT2D eigenvalue weighted by atomic mass is 10.2. The first-order valence-electron chi connectivity index (χ1n) is 4.25. The predicted octanol–water partition coefficient (Wildman–Crippen LogP) is 1.63. The fourth-order valence-electron chi connectivity index (χ4n) is 1.23. The predicted molar refractivity (Wildman–Crippen MR) is 58.8 cm³/mol. The summed E-state index contributed by atoms with van der Waals surface area (Å²) < 4.78 is 0.867. The molecule has 1 heterocycles. The zero-order valence-electron chi connectivity index (χ0n) is 7.58. The molecule has 1 saturated heterocycles. The van der Waals surface area contributed by atoms with Crippen LogP contribution in [0.1, 0.15) is 5.56 Å². The molecule has 1 fully saturated rings. The summed E-state index contributed by atoms with van der Waals surface area (Å²) in [5.74, 6) is -0.407. The van der Waals surface area contributed by atoms with E-state index in [1.807, 2.05) is 24.3 Å². The molecule has 0 aliphatic carbocycles. The highest BCUT2D eigenvalue weighted by atomic mass is 79.9. The summed E-state index contributed by atoms with van der Waals surface area (Å²) >= 11 is 3.35. The lowest BCUT2D eigenvalue weighted by molar-refractivity contribution is -0.115. The minimum atomic E-state index is -0.488. The molecule has 0 unspecified atom stereocenters. The summed E-state index contributed by atoms with van der Waals surface area (Å²) in [4.78, 5) is 22.1. The van der Waals surface area contributed by atoms with Crippen molar-refractivity contribution in [1.29, 1.82) is 0 Å². The minimum Gasteiger partial charge on any atom is -0.303 e. The Labute approximate surface area is 94.5 Å². The second kappa shape index (κ2) is 3.86. The fourth-order valence-corrected chi connectivity index (χ4v) is 1.63. The van der Waals surface area contributed by atoms with Crippen LogP contribution >= 0.6 is 15.9 Å². The number of hydrogen-bond donors (Lipinski definition) is 2. The number of amides is 3. The largest absolute Gasteiger partial charge is 0.326 e. The van der Waals surface area contributed by atoms with Crippen molar-refractivity contribution >= 4 is 33.9 Å². The summed E-state index contributed by atoms with van der Waals surface area (Å²) in [6, 6.07) is 6.94. The number of urea groups is 1. The zero-order chi connectivity index (χ0) is 10.8. The Morgan fingerprint density at radius 3 is 2.47 bits per heavy atom. The smallest absolute Gasteiger partial charge is 0.303 e. The van der Waals surface area contributed by atoms with Gasteiger partial charge < -0.3 is 5.32 Å². The zero-order valence-corrected chi connectivity index (χ0v) is 9.17. The van der Waals surface area contributed by atoms with Crippen LogP contribution in [0, 0.1) is 0 Å². The molecule has 76 valence electrons. The molecule has 3 amide bonds. The maximum Gasteiger partial charge on any atom is 0.326 e. The molecule has 0 bridgehead atoms. The molecular formula is C10H7BrN2O2. The number of hydrogen-bond acceptors (Lipinski definition) is 2. The van der Waals surface area contributed by atoms with Gasteiger partial charge in [-0.2, -0.15) is 0 Å². The summed E-state index contributed by atoms with van der Waals surface area (Å²) in [5, 5.41) is 4.55. The SMILES string of the molecule is O=C1NC(=O)/C(=C/c2ccccc2Br)N1. The molecule has 2 rings (SSSR count). The molecule has 0 aromatic heterocycles. The van der Waals surface area contributed by atoms with E-state index in [2.05, 4.69) is 26.6 Å². The Hall–Kier alpha value is -1.62. The van der Waals surface area contributed by atoms with Crippen molar-refractivity contribution in [3.05, 3.63) is 40.0 Å². The average Bonchev–Trinajstić information content (AvgIpc) is 2.49. The molecule has 15 heavy (non-hydrogen) atoms. The third kappa shape index (κ3) is 2.07. The average molecular weight is 267 g/mol. The highest BCUT2D eigenvalue weighted by Gasteiger charge is 2.22. The molecule has 5 heteroatoms. The van der Waals surface area contributed by atoms with Gasteiger partial charge in [0.1, 0.15) is 5.70 Å². The fraction of sp³-hybridized carbons (Fsp3) is 0. The lowest BCUT2D eigenvalue weighted by Crippen LogP contribution is -2.22.